The molecular weight excluding hydrogens is 274 g/mol. The van der Waals surface area contributed by atoms with Gasteiger partial charge >= 0.3 is 5.69 Å². The average molecular weight is 293 g/mol. The van der Waals surface area contributed by atoms with Crippen molar-refractivity contribution >= 4 is 21.6 Å². The van der Waals surface area contributed by atoms with Crippen LogP contribution in [0.4, 0.5) is 0 Å². The molecular formula is C14H19N3O2S. The molecule has 0 radical (unpaired) electrons. The van der Waals surface area contributed by atoms with Gasteiger partial charge in [-0.2, -0.15) is 0 Å². The SMILES string of the molecule is CCc1cc2c(=O)n(CC3CCCNC3)c(=O)[nH]c2s1. The lowest BCUT2D eigenvalue weighted by Crippen LogP contribution is -2.40. The summed E-state index contributed by atoms with van der Waals surface area (Å²) in [6, 6.07) is 1.91. The number of nitrogens with one attached hydrogen (secondary N) is 2. The van der Waals surface area contributed by atoms with E-state index >= 15 is 0 Å². The summed E-state index contributed by atoms with van der Waals surface area (Å²) >= 11 is 1.50. The van der Waals surface area contributed by atoms with Gasteiger partial charge in [0.05, 0.1) is 5.39 Å². The number of aromatic nitrogens is 2. The van der Waals surface area contributed by atoms with Crippen LogP contribution in [0.1, 0.15) is 24.6 Å². The van der Waals surface area contributed by atoms with Crippen molar-refractivity contribution in [1.29, 1.82) is 0 Å². The average Bonchev–Trinajstić information content (AvgIpc) is 2.88. The van der Waals surface area contributed by atoms with Crippen LogP contribution in [0.25, 0.3) is 10.2 Å². The van der Waals surface area contributed by atoms with Crippen molar-refractivity contribution in [2.45, 2.75) is 32.7 Å². The first-order valence-electron chi connectivity index (χ1n) is 7.15. The van der Waals surface area contributed by atoms with Gasteiger partial charge in [-0.1, -0.05) is 6.92 Å². The van der Waals surface area contributed by atoms with Gasteiger partial charge in [-0.15, -0.1) is 11.3 Å². The fraction of sp³-hybridized carbons (Fsp3) is 0.571. The van der Waals surface area contributed by atoms with Crippen LogP contribution < -0.4 is 16.6 Å². The van der Waals surface area contributed by atoms with Gasteiger partial charge in [0, 0.05) is 11.4 Å². The summed E-state index contributed by atoms with van der Waals surface area (Å²) in [7, 11) is 0. The zero-order valence-electron chi connectivity index (χ0n) is 11.6. The number of aryl methyl sites for hydroxylation is 1. The molecule has 2 N–H and O–H groups in total. The topological polar surface area (TPSA) is 66.9 Å². The first kappa shape index (κ1) is 13.6. The first-order valence-corrected chi connectivity index (χ1v) is 7.97. The number of thiophene rings is 1. The van der Waals surface area contributed by atoms with E-state index in [1.54, 1.807) is 0 Å². The van der Waals surface area contributed by atoms with Crippen LogP contribution >= 0.6 is 11.3 Å². The number of nitrogens with zero attached hydrogens (tertiary/aromatic N) is 1. The van der Waals surface area contributed by atoms with Crippen molar-refractivity contribution in [1.82, 2.24) is 14.9 Å². The zero-order chi connectivity index (χ0) is 14.1. The minimum atomic E-state index is -0.280. The second kappa shape index (κ2) is 5.54. The molecule has 3 rings (SSSR count). The predicted molar refractivity (Wildman–Crippen MR) is 81.7 cm³/mol. The minimum Gasteiger partial charge on any atom is -0.316 e. The van der Waals surface area contributed by atoms with Crippen LogP contribution in [-0.2, 0) is 13.0 Å². The van der Waals surface area contributed by atoms with Crippen molar-refractivity contribution in [2.75, 3.05) is 13.1 Å². The van der Waals surface area contributed by atoms with Gasteiger partial charge in [-0.05, 0) is 44.3 Å². The molecule has 1 aliphatic heterocycles. The molecule has 1 unspecified atom stereocenters. The van der Waals surface area contributed by atoms with Crippen LogP contribution in [0.15, 0.2) is 15.7 Å². The monoisotopic (exact) mass is 293 g/mol. The van der Waals surface area contributed by atoms with Crippen molar-refractivity contribution in [3.8, 4) is 0 Å². The number of H-pyrrole nitrogens is 1. The van der Waals surface area contributed by atoms with Gasteiger partial charge in [-0.3, -0.25) is 14.3 Å². The summed E-state index contributed by atoms with van der Waals surface area (Å²) in [6.45, 7) is 4.47. The smallest absolute Gasteiger partial charge is 0.316 e. The Morgan fingerprint density at radius 1 is 1.45 bits per heavy atom. The number of hydrogen-bond acceptors (Lipinski definition) is 4. The molecule has 108 valence electrons. The first-order chi connectivity index (χ1) is 9.69. The van der Waals surface area contributed by atoms with Gasteiger partial charge < -0.3 is 5.32 Å². The molecule has 3 heterocycles. The lowest BCUT2D eigenvalue weighted by atomic mass is 10.00. The molecule has 2 aromatic heterocycles. The molecule has 0 bridgehead atoms. The van der Waals surface area contributed by atoms with Crippen molar-refractivity contribution in [2.24, 2.45) is 5.92 Å². The molecule has 0 saturated carbocycles. The van der Waals surface area contributed by atoms with Crippen molar-refractivity contribution < 1.29 is 0 Å². The summed E-state index contributed by atoms with van der Waals surface area (Å²) in [4.78, 5) is 29.3. The molecule has 2 aromatic rings. The number of piperidine rings is 1. The molecule has 1 fully saturated rings. The highest BCUT2D eigenvalue weighted by Gasteiger charge is 2.17. The number of rotatable bonds is 3. The fourth-order valence-corrected chi connectivity index (χ4v) is 3.75. The van der Waals surface area contributed by atoms with Gasteiger partial charge in [0.15, 0.2) is 0 Å². The van der Waals surface area contributed by atoms with E-state index in [9.17, 15) is 9.59 Å². The maximum atomic E-state index is 12.5. The molecule has 20 heavy (non-hydrogen) atoms. The zero-order valence-corrected chi connectivity index (χ0v) is 12.4. The fourth-order valence-electron chi connectivity index (χ4n) is 2.77. The van der Waals surface area contributed by atoms with Crippen LogP contribution in [-0.4, -0.2) is 22.6 Å². The molecule has 0 aromatic carbocycles. The number of hydrogen-bond donors (Lipinski definition) is 2. The van der Waals surface area contributed by atoms with E-state index < -0.39 is 0 Å². The standard InChI is InChI=1S/C14H19N3O2S/c1-2-10-6-11-12(20-10)16-14(19)17(13(11)18)8-9-4-3-5-15-7-9/h6,9,15H,2-5,7-8H2,1H3,(H,16,19). The van der Waals surface area contributed by atoms with Crippen LogP contribution in [0.3, 0.4) is 0 Å². The third-order valence-corrected chi connectivity index (χ3v) is 5.11. The Hall–Kier alpha value is -1.40. The highest BCUT2D eigenvalue weighted by atomic mass is 32.1. The molecule has 1 atom stereocenters. The summed E-state index contributed by atoms with van der Waals surface area (Å²) in [5, 5.41) is 3.97. The van der Waals surface area contributed by atoms with Gasteiger partial charge in [0.2, 0.25) is 0 Å². The molecule has 0 spiro atoms. The molecule has 0 aliphatic carbocycles. The Labute approximate surface area is 120 Å². The molecule has 5 nitrogen and oxygen atoms in total. The van der Waals surface area contributed by atoms with Crippen LogP contribution in [0.2, 0.25) is 0 Å². The second-order valence-electron chi connectivity index (χ2n) is 5.37. The van der Waals surface area contributed by atoms with E-state index in [1.165, 1.54) is 15.9 Å². The Morgan fingerprint density at radius 2 is 2.30 bits per heavy atom. The van der Waals surface area contributed by atoms with Crippen LogP contribution in [0.5, 0.6) is 0 Å². The lowest BCUT2D eigenvalue weighted by Gasteiger charge is -2.22. The third kappa shape index (κ3) is 2.45. The third-order valence-electron chi connectivity index (χ3n) is 3.91. The maximum absolute atomic E-state index is 12.5. The summed E-state index contributed by atoms with van der Waals surface area (Å²) in [6.07, 6.45) is 3.06. The maximum Gasteiger partial charge on any atom is 0.329 e. The second-order valence-corrected chi connectivity index (χ2v) is 6.50. The van der Waals surface area contributed by atoms with Crippen LogP contribution in [0, 0.1) is 5.92 Å². The van der Waals surface area contributed by atoms with Crippen molar-refractivity contribution in [3.05, 3.63) is 31.8 Å². The van der Waals surface area contributed by atoms with Gasteiger partial charge in [-0.25, -0.2) is 4.79 Å². The van der Waals surface area contributed by atoms with E-state index in [-0.39, 0.29) is 11.2 Å². The molecule has 1 aliphatic rings. The Morgan fingerprint density at radius 3 is 3.00 bits per heavy atom. The van der Waals surface area contributed by atoms with Gasteiger partial charge in [0.1, 0.15) is 4.83 Å². The van der Waals surface area contributed by atoms with E-state index in [0.29, 0.717) is 22.7 Å². The molecule has 0 amide bonds. The minimum absolute atomic E-state index is 0.148. The predicted octanol–water partition coefficient (Wildman–Crippen LogP) is 1.31. The molecule has 6 heteroatoms. The highest BCUT2D eigenvalue weighted by molar-refractivity contribution is 7.18. The van der Waals surface area contributed by atoms with E-state index in [4.69, 9.17) is 0 Å². The van der Waals surface area contributed by atoms with E-state index in [0.717, 1.165) is 37.2 Å². The largest absolute Gasteiger partial charge is 0.329 e. The summed E-state index contributed by atoms with van der Waals surface area (Å²) in [5.41, 5.74) is -0.428. The lowest BCUT2D eigenvalue weighted by molar-refractivity contribution is 0.330. The number of aromatic amines is 1. The molecule has 1 saturated heterocycles. The Kier molecular flexibility index (Phi) is 3.76. The Balaban J connectivity index is 2.01. The van der Waals surface area contributed by atoms with Crippen molar-refractivity contribution in [3.63, 3.8) is 0 Å². The van der Waals surface area contributed by atoms with E-state index in [1.807, 2.05) is 6.07 Å². The summed E-state index contributed by atoms with van der Waals surface area (Å²) < 4.78 is 1.37. The quantitative estimate of drug-likeness (QED) is 0.897. The number of fused-ring (bicyclic) bond motifs is 1. The van der Waals surface area contributed by atoms with E-state index in [2.05, 4.69) is 17.2 Å². The van der Waals surface area contributed by atoms with Gasteiger partial charge in [0.25, 0.3) is 5.56 Å². The summed E-state index contributed by atoms with van der Waals surface area (Å²) in [5.74, 6) is 0.365. The normalized spacial score (nSPS) is 19.6. The Bertz CT molecular complexity index is 722. The highest BCUT2D eigenvalue weighted by Crippen LogP contribution is 2.20.